The van der Waals surface area contributed by atoms with Crippen molar-refractivity contribution >= 4 is 5.91 Å². The van der Waals surface area contributed by atoms with Gasteiger partial charge in [0.25, 0.3) is 0 Å². The molecule has 2 fully saturated rings. The average molecular weight is 230 g/mol. The first-order valence-corrected chi connectivity index (χ1v) is 5.96. The minimum atomic E-state index is -0.445. The summed E-state index contributed by atoms with van der Waals surface area (Å²) < 4.78 is 12.3. The molecule has 0 bridgehead atoms. The van der Waals surface area contributed by atoms with Crippen molar-refractivity contribution in [2.45, 2.75) is 18.9 Å². The van der Waals surface area contributed by atoms with E-state index in [0.717, 1.165) is 13.1 Å². The number of halogens is 1. The lowest BCUT2D eigenvalue weighted by molar-refractivity contribution is -0.141. The molecule has 0 aliphatic carbocycles. The fourth-order valence-electron chi connectivity index (χ4n) is 2.37. The SMILES string of the molecule is O=C(C1CNC1)N1CC[C@H](O)[C@@H](CCF)C1. The number of rotatable bonds is 3. The first kappa shape index (κ1) is 11.8. The van der Waals surface area contributed by atoms with Gasteiger partial charge in [0.15, 0.2) is 0 Å². The summed E-state index contributed by atoms with van der Waals surface area (Å²) in [6.07, 6.45) is 0.490. The zero-order valence-corrected chi connectivity index (χ0v) is 9.36. The summed E-state index contributed by atoms with van der Waals surface area (Å²) in [4.78, 5) is 13.7. The molecule has 0 unspecified atom stereocenters. The van der Waals surface area contributed by atoms with E-state index < -0.39 is 12.8 Å². The van der Waals surface area contributed by atoms with Crippen LogP contribution in [-0.4, -0.2) is 54.9 Å². The third-order valence-electron chi connectivity index (χ3n) is 3.62. The molecule has 0 spiro atoms. The van der Waals surface area contributed by atoms with Crippen molar-refractivity contribution in [3.05, 3.63) is 0 Å². The van der Waals surface area contributed by atoms with Gasteiger partial charge in [-0.2, -0.15) is 0 Å². The van der Waals surface area contributed by atoms with Gasteiger partial charge >= 0.3 is 0 Å². The van der Waals surface area contributed by atoms with E-state index in [0.29, 0.717) is 25.9 Å². The van der Waals surface area contributed by atoms with Crippen molar-refractivity contribution in [1.82, 2.24) is 10.2 Å². The highest BCUT2D eigenvalue weighted by molar-refractivity contribution is 5.80. The van der Waals surface area contributed by atoms with Crippen LogP contribution in [-0.2, 0) is 4.79 Å². The predicted molar refractivity (Wildman–Crippen MR) is 57.6 cm³/mol. The molecule has 2 atom stereocenters. The van der Waals surface area contributed by atoms with Gasteiger partial charge in [0.1, 0.15) is 0 Å². The second-order valence-corrected chi connectivity index (χ2v) is 4.73. The van der Waals surface area contributed by atoms with Crippen molar-refractivity contribution in [1.29, 1.82) is 0 Å². The number of carbonyl (C=O) groups excluding carboxylic acids is 1. The molecule has 2 rings (SSSR count). The lowest BCUT2D eigenvalue weighted by atomic mass is 9.90. The number of hydrogen-bond donors (Lipinski definition) is 2. The molecule has 0 saturated carbocycles. The fourth-order valence-corrected chi connectivity index (χ4v) is 2.37. The van der Waals surface area contributed by atoms with E-state index in [2.05, 4.69) is 5.32 Å². The van der Waals surface area contributed by atoms with Gasteiger partial charge in [0.2, 0.25) is 5.91 Å². The average Bonchev–Trinajstić information content (AvgIpc) is 2.19. The second-order valence-electron chi connectivity index (χ2n) is 4.73. The molecule has 0 radical (unpaired) electrons. The number of aliphatic hydroxyl groups is 1. The van der Waals surface area contributed by atoms with E-state index in [-0.39, 0.29) is 17.7 Å². The number of nitrogens with one attached hydrogen (secondary N) is 1. The predicted octanol–water partition coefficient (Wildman–Crippen LogP) is -0.225. The van der Waals surface area contributed by atoms with E-state index in [9.17, 15) is 14.3 Å². The molecule has 0 aromatic carbocycles. The summed E-state index contributed by atoms with van der Waals surface area (Å²) in [7, 11) is 0. The maximum absolute atomic E-state index is 12.3. The molecule has 5 heteroatoms. The Morgan fingerprint density at radius 2 is 2.25 bits per heavy atom. The van der Waals surface area contributed by atoms with Gasteiger partial charge in [-0.1, -0.05) is 0 Å². The van der Waals surface area contributed by atoms with Gasteiger partial charge in [-0.05, 0) is 12.8 Å². The van der Waals surface area contributed by atoms with Gasteiger partial charge < -0.3 is 15.3 Å². The number of aliphatic hydroxyl groups excluding tert-OH is 1. The molecule has 16 heavy (non-hydrogen) atoms. The van der Waals surface area contributed by atoms with Crippen LogP contribution in [0.25, 0.3) is 0 Å². The third kappa shape index (κ3) is 2.35. The highest BCUT2D eigenvalue weighted by atomic mass is 19.1. The fraction of sp³-hybridized carbons (Fsp3) is 0.909. The van der Waals surface area contributed by atoms with E-state index in [1.54, 1.807) is 4.90 Å². The molecule has 0 aromatic rings. The van der Waals surface area contributed by atoms with Crippen LogP contribution in [0.5, 0.6) is 0 Å². The second kappa shape index (κ2) is 5.10. The molecule has 2 saturated heterocycles. The number of hydrogen-bond acceptors (Lipinski definition) is 3. The van der Waals surface area contributed by atoms with Crippen LogP contribution in [0.4, 0.5) is 4.39 Å². The van der Waals surface area contributed by atoms with Crippen molar-refractivity contribution in [2.75, 3.05) is 32.9 Å². The third-order valence-corrected chi connectivity index (χ3v) is 3.62. The Labute approximate surface area is 94.8 Å². The molecular weight excluding hydrogens is 211 g/mol. The van der Waals surface area contributed by atoms with Crippen LogP contribution in [0.3, 0.4) is 0 Å². The normalized spacial score (nSPS) is 31.2. The van der Waals surface area contributed by atoms with Gasteiger partial charge in [-0.25, -0.2) is 0 Å². The number of likely N-dealkylation sites (tertiary alicyclic amines) is 1. The summed E-state index contributed by atoms with van der Waals surface area (Å²) in [5.74, 6) is 0.173. The first-order chi connectivity index (χ1) is 7.72. The highest BCUT2D eigenvalue weighted by Gasteiger charge is 2.34. The Bertz CT molecular complexity index is 258. The number of nitrogens with zero attached hydrogens (tertiary/aromatic N) is 1. The van der Waals surface area contributed by atoms with Crippen LogP contribution in [0.2, 0.25) is 0 Å². The molecule has 92 valence electrons. The van der Waals surface area contributed by atoms with Gasteiger partial charge in [0, 0.05) is 32.1 Å². The largest absolute Gasteiger partial charge is 0.393 e. The summed E-state index contributed by atoms with van der Waals surface area (Å²) in [5.41, 5.74) is 0. The quantitative estimate of drug-likeness (QED) is 0.704. The zero-order valence-electron chi connectivity index (χ0n) is 9.36. The zero-order chi connectivity index (χ0) is 11.5. The minimum Gasteiger partial charge on any atom is -0.393 e. The highest BCUT2D eigenvalue weighted by Crippen LogP contribution is 2.22. The monoisotopic (exact) mass is 230 g/mol. The van der Waals surface area contributed by atoms with Gasteiger partial charge in [-0.15, -0.1) is 0 Å². The lowest BCUT2D eigenvalue weighted by Gasteiger charge is -2.39. The molecule has 1 amide bonds. The smallest absolute Gasteiger partial charge is 0.228 e. The van der Waals surface area contributed by atoms with Crippen LogP contribution in [0, 0.1) is 11.8 Å². The molecule has 2 aliphatic rings. The van der Waals surface area contributed by atoms with Gasteiger partial charge in [0.05, 0.1) is 18.7 Å². The van der Waals surface area contributed by atoms with Crippen molar-refractivity contribution in [3.63, 3.8) is 0 Å². The van der Waals surface area contributed by atoms with Crippen molar-refractivity contribution in [3.8, 4) is 0 Å². The number of alkyl halides is 1. The lowest BCUT2D eigenvalue weighted by Crippen LogP contribution is -2.55. The summed E-state index contributed by atoms with van der Waals surface area (Å²) in [6, 6.07) is 0. The topological polar surface area (TPSA) is 52.6 Å². The van der Waals surface area contributed by atoms with E-state index in [1.165, 1.54) is 0 Å². The van der Waals surface area contributed by atoms with Gasteiger partial charge in [-0.3, -0.25) is 9.18 Å². The molecule has 2 heterocycles. The molecule has 2 N–H and O–H groups in total. The maximum Gasteiger partial charge on any atom is 0.228 e. The summed E-state index contributed by atoms with van der Waals surface area (Å²) in [6.45, 7) is 2.21. The number of carbonyl (C=O) groups is 1. The number of piperidine rings is 1. The Hall–Kier alpha value is -0.680. The van der Waals surface area contributed by atoms with E-state index >= 15 is 0 Å². The van der Waals surface area contributed by atoms with Crippen molar-refractivity contribution in [2.24, 2.45) is 11.8 Å². The molecular formula is C11H19FN2O2. The summed E-state index contributed by atoms with van der Waals surface area (Å²) in [5, 5.41) is 12.8. The Morgan fingerprint density at radius 1 is 1.50 bits per heavy atom. The maximum atomic E-state index is 12.3. The molecule has 2 aliphatic heterocycles. The van der Waals surface area contributed by atoms with E-state index in [4.69, 9.17) is 0 Å². The van der Waals surface area contributed by atoms with Crippen LogP contribution in [0.15, 0.2) is 0 Å². The summed E-state index contributed by atoms with van der Waals surface area (Å²) >= 11 is 0. The molecule has 0 aromatic heterocycles. The molecule has 4 nitrogen and oxygen atoms in total. The first-order valence-electron chi connectivity index (χ1n) is 5.96. The van der Waals surface area contributed by atoms with Crippen molar-refractivity contribution < 1.29 is 14.3 Å². The van der Waals surface area contributed by atoms with E-state index in [1.807, 2.05) is 0 Å². The minimum absolute atomic E-state index is 0.0873. The Morgan fingerprint density at radius 3 is 2.81 bits per heavy atom. The standard InChI is InChI=1S/C11H19FN2O2/c12-3-1-8-7-14(4-2-10(8)15)11(16)9-5-13-6-9/h8-10,13,15H,1-7H2/t8-,10-/m0/s1. The van der Waals surface area contributed by atoms with Crippen LogP contribution >= 0.6 is 0 Å². The Balaban J connectivity index is 1.88. The number of amides is 1. The van der Waals surface area contributed by atoms with Crippen LogP contribution < -0.4 is 5.32 Å². The van der Waals surface area contributed by atoms with Crippen LogP contribution in [0.1, 0.15) is 12.8 Å². The Kier molecular flexibility index (Phi) is 3.76.